The van der Waals surface area contributed by atoms with Crippen LogP contribution in [0.3, 0.4) is 0 Å². The maximum atomic E-state index is 5.90. The zero-order valence-electron chi connectivity index (χ0n) is 19.1. The fourth-order valence-corrected chi connectivity index (χ4v) is 5.94. The Morgan fingerprint density at radius 3 is 1.08 bits per heavy atom. The van der Waals surface area contributed by atoms with Gasteiger partial charge in [0.1, 0.15) is 0 Å². The quantitative estimate of drug-likeness (QED) is 0.141. The van der Waals surface area contributed by atoms with Gasteiger partial charge in [0.25, 0.3) is 0 Å². The molecule has 2 heteroatoms. The summed E-state index contributed by atoms with van der Waals surface area (Å²) in [6, 6.07) is 1.35. The van der Waals surface area contributed by atoms with E-state index in [0.717, 1.165) is 6.61 Å². The lowest BCUT2D eigenvalue weighted by atomic mass is 10.0. The van der Waals surface area contributed by atoms with Gasteiger partial charge >= 0.3 is 0 Å². The van der Waals surface area contributed by atoms with Crippen molar-refractivity contribution in [2.24, 2.45) is 0 Å². The Kier molecular flexibility index (Phi) is 20.1. The van der Waals surface area contributed by atoms with Gasteiger partial charge in [0, 0.05) is 6.61 Å². The maximum absolute atomic E-state index is 5.90. The van der Waals surface area contributed by atoms with E-state index in [-0.39, 0.29) is 0 Å². The first-order valence-corrected chi connectivity index (χ1v) is 15.4. The van der Waals surface area contributed by atoms with Gasteiger partial charge in [-0.25, -0.2) is 0 Å². The minimum Gasteiger partial charge on any atom is -0.418 e. The third kappa shape index (κ3) is 20.5. The van der Waals surface area contributed by atoms with E-state index in [9.17, 15) is 0 Å². The van der Waals surface area contributed by atoms with Crippen LogP contribution >= 0.6 is 0 Å². The van der Waals surface area contributed by atoms with Crippen LogP contribution in [0.15, 0.2) is 0 Å². The van der Waals surface area contributed by atoms with Gasteiger partial charge in [-0.15, -0.1) is 0 Å². The first-order valence-electron chi connectivity index (χ1n) is 12.3. The predicted octanol–water partition coefficient (Wildman–Crippen LogP) is 9.27. The molecule has 0 spiro atoms. The number of unbranched alkanes of at least 4 members (excludes halogenated alkanes) is 17. The molecule has 0 aromatic heterocycles. The van der Waals surface area contributed by atoms with Gasteiger partial charge in [-0.3, -0.25) is 0 Å². The molecule has 0 bridgehead atoms. The molecule has 158 valence electrons. The molecule has 0 radical (unpaired) electrons. The topological polar surface area (TPSA) is 9.23 Å². The van der Waals surface area contributed by atoms with E-state index in [1.807, 2.05) is 0 Å². The van der Waals surface area contributed by atoms with Crippen molar-refractivity contribution in [1.82, 2.24) is 0 Å². The van der Waals surface area contributed by atoms with E-state index < -0.39 is 8.32 Å². The van der Waals surface area contributed by atoms with Gasteiger partial charge < -0.3 is 4.43 Å². The summed E-state index contributed by atoms with van der Waals surface area (Å²) >= 11 is 0. The van der Waals surface area contributed by atoms with Crippen LogP contribution < -0.4 is 0 Å². The Bertz CT molecular complexity index is 265. The molecule has 0 fully saturated rings. The van der Waals surface area contributed by atoms with E-state index in [1.54, 1.807) is 0 Å². The number of rotatable bonds is 21. The highest BCUT2D eigenvalue weighted by atomic mass is 28.4. The zero-order valence-corrected chi connectivity index (χ0v) is 20.1. The Hall–Kier alpha value is 0.177. The third-order valence-electron chi connectivity index (χ3n) is 5.67. The van der Waals surface area contributed by atoms with Crippen molar-refractivity contribution in [2.75, 3.05) is 6.61 Å². The number of hydrogen-bond acceptors (Lipinski definition) is 1. The molecule has 0 saturated heterocycles. The van der Waals surface area contributed by atoms with Crippen molar-refractivity contribution in [1.29, 1.82) is 0 Å². The van der Waals surface area contributed by atoms with Crippen molar-refractivity contribution in [3.8, 4) is 0 Å². The molecule has 0 aromatic carbocycles. The Labute approximate surface area is 168 Å². The normalized spacial score (nSPS) is 12.0. The van der Waals surface area contributed by atoms with Crippen molar-refractivity contribution in [2.45, 2.75) is 149 Å². The first-order chi connectivity index (χ1) is 12.6. The summed E-state index contributed by atoms with van der Waals surface area (Å²) in [5.74, 6) is 0. The van der Waals surface area contributed by atoms with Crippen LogP contribution in [0.4, 0.5) is 0 Å². The SMILES string of the molecule is CCCCCCCCCCCCCCCCCCCC[Si](C)(C)OCC. The lowest BCUT2D eigenvalue weighted by Crippen LogP contribution is -2.29. The molecule has 0 aliphatic rings. The lowest BCUT2D eigenvalue weighted by Gasteiger charge is -2.21. The van der Waals surface area contributed by atoms with Crippen LogP contribution in [0.5, 0.6) is 0 Å². The largest absolute Gasteiger partial charge is 0.418 e. The minimum atomic E-state index is -1.31. The predicted molar refractivity (Wildman–Crippen MR) is 123 cm³/mol. The van der Waals surface area contributed by atoms with Crippen LogP contribution in [-0.2, 0) is 4.43 Å². The molecule has 0 rings (SSSR count). The second kappa shape index (κ2) is 19.9. The molecule has 0 aliphatic heterocycles. The molecule has 0 aliphatic carbocycles. The minimum absolute atomic E-state index is 0.901. The van der Waals surface area contributed by atoms with Crippen molar-refractivity contribution < 1.29 is 4.43 Å². The van der Waals surface area contributed by atoms with Gasteiger partial charge in [-0.1, -0.05) is 122 Å². The van der Waals surface area contributed by atoms with Gasteiger partial charge in [0.15, 0.2) is 8.32 Å². The molecule has 1 nitrogen and oxygen atoms in total. The highest BCUT2D eigenvalue weighted by Crippen LogP contribution is 2.18. The highest BCUT2D eigenvalue weighted by molar-refractivity contribution is 6.71. The summed E-state index contributed by atoms with van der Waals surface area (Å²) in [4.78, 5) is 0. The fraction of sp³-hybridized carbons (Fsp3) is 1.00. The third-order valence-corrected chi connectivity index (χ3v) is 8.30. The number of hydrogen-bond donors (Lipinski definition) is 0. The maximum Gasteiger partial charge on any atom is 0.186 e. The van der Waals surface area contributed by atoms with Crippen LogP contribution in [0.25, 0.3) is 0 Å². The molecular formula is C24H52OSi. The standard InChI is InChI=1S/C24H52OSi/c1-5-7-8-9-10-11-12-13-14-15-16-17-18-19-20-21-22-23-24-26(3,4)25-6-2/h5-24H2,1-4H3. The van der Waals surface area contributed by atoms with E-state index in [4.69, 9.17) is 4.43 Å². The smallest absolute Gasteiger partial charge is 0.186 e. The van der Waals surface area contributed by atoms with Gasteiger partial charge in [0.05, 0.1) is 0 Å². The fourth-order valence-electron chi connectivity index (χ4n) is 3.92. The summed E-state index contributed by atoms with van der Waals surface area (Å²) < 4.78 is 5.90. The molecular weight excluding hydrogens is 332 g/mol. The van der Waals surface area contributed by atoms with Gasteiger partial charge in [0.2, 0.25) is 0 Å². The molecule has 0 saturated carbocycles. The second-order valence-electron chi connectivity index (χ2n) is 8.95. The summed E-state index contributed by atoms with van der Waals surface area (Å²) in [6.07, 6.45) is 26.2. The van der Waals surface area contributed by atoms with E-state index in [0.29, 0.717) is 0 Å². The Morgan fingerprint density at radius 2 is 0.769 bits per heavy atom. The molecule has 0 N–H and O–H groups in total. The summed E-state index contributed by atoms with van der Waals surface area (Å²) in [6.45, 7) is 10.1. The molecule has 0 unspecified atom stereocenters. The molecule has 0 heterocycles. The van der Waals surface area contributed by atoms with Crippen LogP contribution in [0, 0.1) is 0 Å². The summed E-state index contributed by atoms with van der Waals surface area (Å²) in [7, 11) is -1.31. The molecule has 26 heavy (non-hydrogen) atoms. The van der Waals surface area contributed by atoms with E-state index in [1.165, 1.54) is 122 Å². The summed E-state index contributed by atoms with van der Waals surface area (Å²) in [5.41, 5.74) is 0. The van der Waals surface area contributed by atoms with Crippen molar-refractivity contribution >= 4 is 8.32 Å². The van der Waals surface area contributed by atoms with E-state index in [2.05, 4.69) is 26.9 Å². The Morgan fingerprint density at radius 1 is 0.462 bits per heavy atom. The van der Waals surface area contributed by atoms with Crippen LogP contribution in [-0.4, -0.2) is 14.9 Å². The lowest BCUT2D eigenvalue weighted by molar-refractivity contribution is 0.327. The van der Waals surface area contributed by atoms with Gasteiger partial charge in [-0.05, 0) is 26.1 Å². The van der Waals surface area contributed by atoms with Crippen LogP contribution in [0.1, 0.15) is 129 Å². The monoisotopic (exact) mass is 384 g/mol. The second-order valence-corrected chi connectivity index (χ2v) is 13.3. The van der Waals surface area contributed by atoms with Gasteiger partial charge in [-0.2, -0.15) is 0 Å². The highest BCUT2D eigenvalue weighted by Gasteiger charge is 2.20. The average molecular weight is 385 g/mol. The Balaban J connectivity index is 3.09. The first kappa shape index (κ1) is 26.2. The van der Waals surface area contributed by atoms with Crippen molar-refractivity contribution in [3.05, 3.63) is 0 Å². The average Bonchev–Trinajstić information content (AvgIpc) is 2.60. The molecule has 0 atom stereocenters. The van der Waals surface area contributed by atoms with Crippen molar-refractivity contribution in [3.63, 3.8) is 0 Å². The molecule has 0 aromatic rings. The van der Waals surface area contributed by atoms with E-state index >= 15 is 0 Å². The zero-order chi connectivity index (χ0) is 19.3. The summed E-state index contributed by atoms with van der Waals surface area (Å²) in [5, 5.41) is 0. The molecule has 0 amide bonds. The van der Waals surface area contributed by atoms with Crippen LogP contribution in [0.2, 0.25) is 19.1 Å².